The Kier molecular flexibility index (Phi) is 22.6. The van der Waals surface area contributed by atoms with Crippen molar-refractivity contribution in [1.82, 2.24) is 25.3 Å². The molecule has 8 unspecified atom stereocenters. The number of methoxy groups -OCH3 is 2. The molecule has 0 aromatic heterocycles. The van der Waals surface area contributed by atoms with Crippen LogP contribution in [0.5, 0.6) is 0 Å². The fraction of sp³-hybridized carbons (Fsp3) is 0.646. The van der Waals surface area contributed by atoms with Gasteiger partial charge in [-0.3, -0.25) is 28.9 Å². The Morgan fingerprint density at radius 2 is 1.44 bits per heavy atom. The van der Waals surface area contributed by atoms with Crippen molar-refractivity contribution in [3.8, 4) is 0 Å². The normalized spacial score (nSPS) is 17.8. The maximum atomic E-state index is 14.4. The third kappa shape index (κ3) is 14.8. The zero-order chi connectivity index (χ0) is 46.8. The van der Waals surface area contributed by atoms with Gasteiger partial charge in [-0.1, -0.05) is 99.1 Å². The summed E-state index contributed by atoms with van der Waals surface area (Å²) in [5, 5.41) is 8.91. The minimum absolute atomic E-state index is 0.00411. The lowest BCUT2D eigenvalue weighted by Crippen LogP contribution is -2.59. The highest BCUT2D eigenvalue weighted by molar-refractivity contribution is 5.98. The summed E-state index contributed by atoms with van der Waals surface area (Å²) in [7, 11) is 8.52. The number of hydrogen-bond donors (Lipinski definition) is 4. The van der Waals surface area contributed by atoms with Crippen LogP contribution in [0.1, 0.15) is 93.6 Å². The van der Waals surface area contributed by atoms with Crippen molar-refractivity contribution < 1.29 is 33.4 Å². The van der Waals surface area contributed by atoms with E-state index >= 15 is 0 Å². The molecule has 0 bridgehead atoms. The summed E-state index contributed by atoms with van der Waals surface area (Å²) in [4.78, 5) is 75.1. The molecule has 1 saturated heterocycles. The number of amides is 5. The Hall–Kier alpha value is -4.53. The number of likely N-dealkylation sites (N-methyl/N-ethyl adjacent to an activating group) is 2. The first kappa shape index (κ1) is 53.6. The molecule has 2 aromatic rings. The van der Waals surface area contributed by atoms with Crippen LogP contribution in [0.2, 0.25) is 0 Å². The molecule has 2 aromatic carbocycles. The van der Waals surface area contributed by atoms with E-state index in [2.05, 4.69) is 16.0 Å². The number of anilines is 2. The molecule has 9 atom stereocenters. The number of likely N-dealkylation sites (tertiary alicyclic amines) is 1. The van der Waals surface area contributed by atoms with Gasteiger partial charge in [0.25, 0.3) is 0 Å². The number of nitrogens with one attached hydrogen (secondary N) is 3. The molecule has 62 heavy (non-hydrogen) atoms. The second kappa shape index (κ2) is 26.2. The van der Waals surface area contributed by atoms with Crippen LogP contribution >= 0.6 is 0 Å². The number of nitrogens with two attached hydrogens (primary N) is 1. The molecule has 5 N–H and O–H groups in total. The van der Waals surface area contributed by atoms with Crippen LogP contribution in [0.25, 0.3) is 0 Å². The molecule has 5 amide bonds. The van der Waals surface area contributed by atoms with Gasteiger partial charge in [-0.15, -0.1) is 0 Å². The summed E-state index contributed by atoms with van der Waals surface area (Å²) in [5.41, 5.74) is 7.83. The van der Waals surface area contributed by atoms with Crippen molar-refractivity contribution in [2.45, 2.75) is 137 Å². The van der Waals surface area contributed by atoms with E-state index < -0.39 is 48.3 Å². The third-order valence-electron chi connectivity index (χ3n) is 12.0. The number of carbonyl (C=O) groups excluding carboxylic acids is 5. The lowest BCUT2D eigenvalue weighted by molar-refractivity contribution is -0.148. The summed E-state index contributed by atoms with van der Waals surface area (Å²) in [6.07, 6.45) is 0.994. The Morgan fingerprint density at radius 1 is 0.823 bits per heavy atom. The van der Waals surface area contributed by atoms with E-state index in [1.807, 2.05) is 105 Å². The fourth-order valence-corrected chi connectivity index (χ4v) is 8.57. The topological polar surface area (TPSA) is 176 Å². The molecule has 0 saturated carbocycles. The Bertz CT molecular complexity index is 1680. The number of benzene rings is 2. The standard InChI is InChI=1S/C46H73N7O7.C2H6/c1-13-30(6)41(52(10)46(58)39(28(2)3)50-45(57)40(29(4)5)51(8)9)37(59-11)27-38(54)53-25-17-20-36(53)42(60-12)31(7)43(55)49-35(26-32-18-15-14-16-19-32)44(56)48-34-23-21-33(47)22-24-34;1-2/h14-16,18-19,21-24,28-31,35-37,39-42H,13,17,20,25-27,47H2,1-12H3,(H,48,56)(H,49,55)(H,50,57);1-2H3/t30?,31?,35?,36?,37?,39-,40?,41?,42?;/m0./s1. The molecule has 0 radical (unpaired) electrons. The van der Waals surface area contributed by atoms with Crippen molar-refractivity contribution in [2.24, 2.45) is 23.7 Å². The second-order valence-corrected chi connectivity index (χ2v) is 17.3. The molecule has 348 valence electrons. The molecular formula is C48H79N7O7. The van der Waals surface area contributed by atoms with Gasteiger partial charge in [-0.2, -0.15) is 0 Å². The number of rotatable bonds is 22. The molecule has 14 heteroatoms. The van der Waals surface area contributed by atoms with Crippen LogP contribution in [0.4, 0.5) is 11.4 Å². The molecule has 1 fully saturated rings. The van der Waals surface area contributed by atoms with E-state index in [1.54, 1.807) is 55.1 Å². The van der Waals surface area contributed by atoms with E-state index in [-0.39, 0.29) is 60.1 Å². The van der Waals surface area contributed by atoms with E-state index in [1.165, 1.54) is 7.11 Å². The van der Waals surface area contributed by atoms with Crippen molar-refractivity contribution >= 4 is 40.9 Å². The van der Waals surface area contributed by atoms with Gasteiger partial charge in [0.1, 0.15) is 12.1 Å². The van der Waals surface area contributed by atoms with Crippen LogP contribution < -0.4 is 21.7 Å². The summed E-state index contributed by atoms with van der Waals surface area (Å²) >= 11 is 0. The highest BCUT2D eigenvalue weighted by Gasteiger charge is 2.43. The number of ether oxygens (including phenoxy) is 2. The Labute approximate surface area is 372 Å². The van der Waals surface area contributed by atoms with Crippen molar-refractivity contribution in [3.63, 3.8) is 0 Å². The van der Waals surface area contributed by atoms with Crippen molar-refractivity contribution in [2.75, 3.05) is 53.0 Å². The SMILES string of the molecule is CC.CCC(C)C(C(CC(=O)N1CCCC1C(OC)C(C)C(=O)NC(Cc1ccccc1)C(=O)Nc1ccc(N)cc1)OC)N(C)C(=O)[C@@H](NC(=O)C(C(C)C)N(C)C)C(C)C. The van der Waals surface area contributed by atoms with Gasteiger partial charge in [0.15, 0.2) is 0 Å². The predicted octanol–water partition coefficient (Wildman–Crippen LogP) is 5.61. The lowest BCUT2D eigenvalue weighted by atomic mass is 9.89. The quantitative estimate of drug-likeness (QED) is 0.110. The monoisotopic (exact) mass is 866 g/mol. The van der Waals surface area contributed by atoms with Crippen molar-refractivity contribution in [3.05, 3.63) is 60.2 Å². The summed E-state index contributed by atoms with van der Waals surface area (Å²) < 4.78 is 12.1. The Balaban J connectivity index is 0.00000651. The number of nitrogen functional groups attached to an aromatic ring is 1. The van der Waals surface area contributed by atoms with Gasteiger partial charge < -0.3 is 41.0 Å². The third-order valence-corrected chi connectivity index (χ3v) is 12.0. The average Bonchev–Trinajstić information content (AvgIpc) is 3.73. The fourth-order valence-electron chi connectivity index (χ4n) is 8.57. The summed E-state index contributed by atoms with van der Waals surface area (Å²) in [5.74, 6) is -2.31. The van der Waals surface area contributed by atoms with Crippen LogP contribution in [0.15, 0.2) is 54.6 Å². The zero-order valence-corrected chi connectivity index (χ0v) is 40.1. The van der Waals surface area contributed by atoms with Crippen LogP contribution in [-0.2, 0) is 39.9 Å². The van der Waals surface area contributed by atoms with Gasteiger partial charge in [0, 0.05) is 45.6 Å². The van der Waals surface area contributed by atoms with E-state index in [4.69, 9.17) is 15.2 Å². The minimum atomic E-state index is -0.897. The van der Waals surface area contributed by atoms with Crippen LogP contribution in [0, 0.1) is 23.7 Å². The highest BCUT2D eigenvalue weighted by atomic mass is 16.5. The molecule has 0 spiro atoms. The molecular weight excluding hydrogens is 787 g/mol. The molecule has 0 aliphatic carbocycles. The molecule has 1 aliphatic heterocycles. The van der Waals surface area contributed by atoms with Gasteiger partial charge >= 0.3 is 0 Å². The lowest BCUT2D eigenvalue weighted by Gasteiger charge is -2.41. The Morgan fingerprint density at radius 3 is 1.95 bits per heavy atom. The molecule has 3 rings (SSSR count). The number of carbonyl (C=O) groups is 5. The second-order valence-electron chi connectivity index (χ2n) is 17.3. The molecule has 1 heterocycles. The van der Waals surface area contributed by atoms with E-state index in [9.17, 15) is 24.0 Å². The summed E-state index contributed by atoms with van der Waals surface area (Å²) in [6.45, 7) is 18.1. The average molecular weight is 866 g/mol. The minimum Gasteiger partial charge on any atom is -0.399 e. The maximum Gasteiger partial charge on any atom is 0.247 e. The molecule has 14 nitrogen and oxygen atoms in total. The van der Waals surface area contributed by atoms with Crippen LogP contribution in [0.3, 0.4) is 0 Å². The first-order chi connectivity index (χ1) is 29.4. The first-order valence-electron chi connectivity index (χ1n) is 22.5. The maximum absolute atomic E-state index is 14.4. The summed E-state index contributed by atoms with van der Waals surface area (Å²) in [6, 6.07) is 13.3. The van der Waals surface area contributed by atoms with E-state index in [0.29, 0.717) is 24.3 Å². The van der Waals surface area contributed by atoms with Gasteiger partial charge in [-0.25, -0.2) is 0 Å². The van der Waals surface area contributed by atoms with E-state index in [0.717, 1.165) is 18.4 Å². The largest absolute Gasteiger partial charge is 0.399 e. The smallest absolute Gasteiger partial charge is 0.247 e. The van der Waals surface area contributed by atoms with Gasteiger partial charge in [-0.05, 0) is 74.5 Å². The first-order valence-corrected chi connectivity index (χ1v) is 22.5. The van der Waals surface area contributed by atoms with Gasteiger partial charge in [0.2, 0.25) is 29.5 Å². The van der Waals surface area contributed by atoms with Crippen LogP contribution in [-0.4, -0.2) is 129 Å². The zero-order valence-electron chi connectivity index (χ0n) is 40.1. The number of nitrogens with zero attached hydrogens (tertiary/aromatic N) is 3. The van der Waals surface area contributed by atoms with Crippen molar-refractivity contribution in [1.29, 1.82) is 0 Å². The predicted molar refractivity (Wildman–Crippen MR) is 248 cm³/mol. The highest BCUT2D eigenvalue weighted by Crippen LogP contribution is 2.30. The number of hydrogen-bond acceptors (Lipinski definition) is 9. The van der Waals surface area contributed by atoms with Gasteiger partial charge in [0.05, 0.1) is 42.7 Å². The molecule has 1 aliphatic rings.